The van der Waals surface area contributed by atoms with Crippen LogP contribution in [0.3, 0.4) is 0 Å². The first-order chi connectivity index (χ1) is 12.1. The first-order valence-corrected chi connectivity index (χ1v) is 8.53. The van der Waals surface area contributed by atoms with Crippen molar-refractivity contribution in [2.75, 3.05) is 0 Å². The molecule has 0 unspecified atom stereocenters. The molecule has 0 saturated carbocycles. The van der Waals surface area contributed by atoms with Crippen molar-refractivity contribution >= 4 is 16.9 Å². The van der Waals surface area contributed by atoms with E-state index in [2.05, 4.69) is 10.3 Å². The molecule has 7 nitrogen and oxygen atoms in total. The van der Waals surface area contributed by atoms with E-state index >= 15 is 0 Å². The topological polar surface area (TPSA) is 73.8 Å². The number of nitrogens with one attached hydrogen (secondary N) is 1. The van der Waals surface area contributed by atoms with Gasteiger partial charge >= 0.3 is 5.69 Å². The molecule has 2 aromatic heterocycles. The number of carbonyl (C=O) groups is 1. The third-order valence-electron chi connectivity index (χ3n) is 4.13. The Bertz CT molecular complexity index is 907. The molecular weight excluding hydrogens is 318 g/mol. The van der Waals surface area contributed by atoms with Gasteiger partial charge in [0, 0.05) is 31.5 Å². The summed E-state index contributed by atoms with van der Waals surface area (Å²) in [5, 5.41) is 2.94. The lowest BCUT2D eigenvalue weighted by molar-refractivity contribution is -0.122. The fourth-order valence-electron chi connectivity index (χ4n) is 3.09. The predicted molar refractivity (Wildman–Crippen MR) is 96.3 cm³/mol. The van der Waals surface area contributed by atoms with Gasteiger partial charge in [-0.2, -0.15) is 0 Å². The molecule has 132 valence electrons. The lowest BCUT2D eigenvalue weighted by Gasteiger charge is -2.14. The SMILES string of the molecule is CCCn1c(=O)n(CC(=O)N[C@@H](C)Cn2ccnc2)c2ccccc21. The van der Waals surface area contributed by atoms with Crippen LogP contribution in [0.5, 0.6) is 0 Å². The van der Waals surface area contributed by atoms with Crippen molar-refractivity contribution < 1.29 is 4.79 Å². The van der Waals surface area contributed by atoms with Crippen molar-refractivity contribution in [3.05, 3.63) is 53.5 Å². The number of aryl methyl sites for hydroxylation is 1. The van der Waals surface area contributed by atoms with Crippen molar-refractivity contribution in [1.82, 2.24) is 24.0 Å². The molecule has 0 aliphatic carbocycles. The number of hydrogen-bond acceptors (Lipinski definition) is 3. The van der Waals surface area contributed by atoms with E-state index in [9.17, 15) is 9.59 Å². The molecule has 7 heteroatoms. The molecule has 0 saturated heterocycles. The second kappa shape index (κ2) is 7.38. The van der Waals surface area contributed by atoms with Gasteiger partial charge in [-0.25, -0.2) is 9.78 Å². The Morgan fingerprint density at radius 2 is 1.96 bits per heavy atom. The number of aromatic nitrogens is 4. The molecule has 2 heterocycles. The van der Waals surface area contributed by atoms with Gasteiger partial charge < -0.3 is 9.88 Å². The highest BCUT2D eigenvalue weighted by Gasteiger charge is 2.16. The van der Waals surface area contributed by atoms with E-state index in [1.807, 2.05) is 48.9 Å². The molecular formula is C18H23N5O2. The van der Waals surface area contributed by atoms with Gasteiger partial charge in [0.1, 0.15) is 6.54 Å². The summed E-state index contributed by atoms with van der Waals surface area (Å²) in [7, 11) is 0. The third-order valence-corrected chi connectivity index (χ3v) is 4.13. The van der Waals surface area contributed by atoms with E-state index in [4.69, 9.17) is 0 Å². The summed E-state index contributed by atoms with van der Waals surface area (Å²) >= 11 is 0. The van der Waals surface area contributed by atoms with Gasteiger partial charge in [0.15, 0.2) is 0 Å². The van der Waals surface area contributed by atoms with E-state index < -0.39 is 0 Å². The zero-order chi connectivity index (χ0) is 17.8. The lowest BCUT2D eigenvalue weighted by Crippen LogP contribution is -2.39. The van der Waals surface area contributed by atoms with Crippen LogP contribution in [0.2, 0.25) is 0 Å². The smallest absolute Gasteiger partial charge is 0.329 e. The minimum Gasteiger partial charge on any atom is -0.350 e. The first kappa shape index (κ1) is 17.0. The molecule has 0 fully saturated rings. The van der Waals surface area contributed by atoms with Gasteiger partial charge in [-0.05, 0) is 25.5 Å². The van der Waals surface area contributed by atoms with Crippen molar-refractivity contribution in [3.8, 4) is 0 Å². The molecule has 1 amide bonds. The molecule has 0 aliphatic heterocycles. The number of para-hydroxylation sites is 2. The second-order valence-electron chi connectivity index (χ2n) is 6.24. The highest BCUT2D eigenvalue weighted by Crippen LogP contribution is 2.13. The summed E-state index contributed by atoms with van der Waals surface area (Å²) in [5.41, 5.74) is 1.52. The van der Waals surface area contributed by atoms with Crippen molar-refractivity contribution in [2.45, 2.75) is 45.9 Å². The third kappa shape index (κ3) is 3.65. The number of rotatable bonds is 7. The van der Waals surface area contributed by atoms with Gasteiger partial charge in [-0.15, -0.1) is 0 Å². The van der Waals surface area contributed by atoms with Crippen LogP contribution in [0.25, 0.3) is 11.0 Å². The summed E-state index contributed by atoms with van der Waals surface area (Å²) in [6, 6.07) is 7.54. The summed E-state index contributed by atoms with van der Waals surface area (Å²) in [6.45, 7) is 5.26. The number of benzene rings is 1. The highest BCUT2D eigenvalue weighted by molar-refractivity contribution is 5.81. The Labute approximate surface area is 145 Å². The normalized spacial score (nSPS) is 12.4. The molecule has 1 atom stereocenters. The van der Waals surface area contributed by atoms with Crippen LogP contribution in [0.1, 0.15) is 20.3 Å². The number of amides is 1. The molecule has 0 radical (unpaired) electrons. The Kier molecular flexibility index (Phi) is 5.02. The van der Waals surface area contributed by atoms with Gasteiger partial charge in [0.25, 0.3) is 0 Å². The highest BCUT2D eigenvalue weighted by atomic mass is 16.2. The van der Waals surface area contributed by atoms with Crippen LogP contribution in [0.15, 0.2) is 47.8 Å². The van der Waals surface area contributed by atoms with E-state index in [1.165, 1.54) is 0 Å². The van der Waals surface area contributed by atoms with Gasteiger partial charge in [-0.1, -0.05) is 19.1 Å². The summed E-state index contributed by atoms with van der Waals surface area (Å²) < 4.78 is 5.19. The molecule has 3 aromatic rings. The molecule has 0 spiro atoms. The van der Waals surface area contributed by atoms with Crippen LogP contribution in [-0.2, 0) is 24.4 Å². The van der Waals surface area contributed by atoms with E-state index in [0.29, 0.717) is 13.1 Å². The molecule has 0 aliphatic rings. The summed E-state index contributed by atoms with van der Waals surface area (Å²) in [6.07, 6.45) is 6.13. The Hall–Kier alpha value is -2.83. The molecule has 3 rings (SSSR count). The minimum absolute atomic E-state index is 0.0182. The fourth-order valence-corrected chi connectivity index (χ4v) is 3.09. The summed E-state index contributed by atoms with van der Waals surface area (Å²) in [4.78, 5) is 29.1. The maximum absolute atomic E-state index is 12.7. The Balaban J connectivity index is 1.77. The van der Waals surface area contributed by atoms with Gasteiger partial charge in [-0.3, -0.25) is 13.9 Å². The number of fused-ring (bicyclic) bond motifs is 1. The molecule has 1 aromatic carbocycles. The van der Waals surface area contributed by atoms with Gasteiger partial charge in [0.05, 0.1) is 17.4 Å². The lowest BCUT2D eigenvalue weighted by atomic mass is 10.3. The van der Waals surface area contributed by atoms with Crippen LogP contribution < -0.4 is 11.0 Å². The zero-order valence-corrected chi connectivity index (χ0v) is 14.6. The average Bonchev–Trinajstić information content (AvgIpc) is 3.17. The maximum atomic E-state index is 12.7. The van der Waals surface area contributed by atoms with Crippen molar-refractivity contribution in [3.63, 3.8) is 0 Å². The van der Waals surface area contributed by atoms with Crippen LogP contribution >= 0.6 is 0 Å². The Morgan fingerprint density at radius 3 is 2.60 bits per heavy atom. The standard InChI is InChI=1S/C18H23N5O2/c1-3-9-22-15-6-4-5-7-16(15)23(18(22)25)12-17(24)20-14(2)11-21-10-8-19-13-21/h4-8,10,13-14H,3,9,11-12H2,1-2H3,(H,20,24)/t14-/m0/s1. The second-order valence-corrected chi connectivity index (χ2v) is 6.24. The number of carbonyl (C=O) groups excluding carboxylic acids is 1. The van der Waals surface area contributed by atoms with Gasteiger partial charge in [0.2, 0.25) is 5.91 Å². The minimum atomic E-state index is -0.172. The molecule has 25 heavy (non-hydrogen) atoms. The van der Waals surface area contributed by atoms with Crippen LogP contribution in [-0.4, -0.2) is 30.6 Å². The number of imidazole rings is 2. The Morgan fingerprint density at radius 1 is 1.24 bits per heavy atom. The predicted octanol–water partition coefficient (Wildman–Crippen LogP) is 1.61. The van der Waals surface area contributed by atoms with E-state index in [0.717, 1.165) is 17.5 Å². The number of nitrogens with zero attached hydrogens (tertiary/aromatic N) is 4. The molecule has 1 N–H and O–H groups in total. The molecule has 0 bridgehead atoms. The zero-order valence-electron chi connectivity index (χ0n) is 14.6. The van der Waals surface area contributed by atoms with Crippen molar-refractivity contribution in [2.24, 2.45) is 0 Å². The van der Waals surface area contributed by atoms with Crippen molar-refractivity contribution in [1.29, 1.82) is 0 Å². The average molecular weight is 341 g/mol. The fraction of sp³-hybridized carbons (Fsp3) is 0.389. The van der Waals surface area contributed by atoms with Crippen LogP contribution in [0, 0.1) is 0 Å². The summed E-state index contributed by atoms with van der Waals surface area (Å²) in [5.74, 6) is -0.172. The number of hydrogen-bond donors (Lipinski definition) is 1. The van der Waals surface area contributed by atoms with Crippen LogP contribution in [0.4, 0.5) is 0 Å². The monoisotopic (exact) mass is 341 g/mol. The van der Waals surface area contributed by atoms with E-state index in [1.54, 1.807) is 21.7 Å². The largest absolute Gasteiger partial charge is 0.350 e. The van der Waals surface area contributed by atoms with E-state index in [-0.39, 0.29) is 24.2 Å². The quantitative estimate of drug-likeness (QED) is 0.709. The first-order valence-electron chi connectivity index (χ1n) is 8.53. The maximum Gasteiger partial charge on any atom is 0.329 e.